The first kappa shape index (κ1) is 11.4. The number of carbonyl (C=O) groups is 2. The molecule has 90 valence electrons. The first-order valence-electron chi connectivity index (χ1n) is 5.89. The van der Waals surface area contributed by atoms with E-state index >= 15 is 0 Å². The summed E-state index contributed by atoms with van der Waals surface area (Å²) in [5.41, 5.74) is 0. The van der Waals surface area contributed by atoms with Crippen LogP contribution in [0.1, 0.15) is 19.8 Å². The van der Waals surface area contributed by atoms with E-state index in [0.29, 0.717) is 19.7 Å². The Balaban J connectivity index is 1.94. The van der Waals surface area contributed by atoms with Gasteiger partial charge in [0.25, 0.3) is 0 Å². The molecule has 5 nitrogen and oxygen atoms in total. The summed E-state index contributed by atoms with van der Waals surface area (Å²) in [7, 11) is 0. The molecule has 0 radical (unpaired) electrons. The zero-order valence-corrected chi connectivity index (χ0v) is 9.57. The zero-order valence-electron chi connectivity index (χ0n) is 9.57. The van der Waals surface area contributed by atoms with Crippen molar-refractivity contribution in [3.05, 3.63) is 0 Å². The van der Waals surface area contributed by atoms with Crippen LogP contribution in [0.2, 0.25) is 0 Å². The molecule has 16 heavy (non-hydrogen) atoms. The van der Waals surface area contributed by atoms with Crippen LogP contribution >= 0.6 is 0 Å². The minimum Gasteiger partial charge on any atom is -0.465 e. The van der Waals surface area contributed by atoms with Crippen LogP contribution in [0.5, 0.6) is 0 Å². The van der Waals surface area contributed by atoms with E-state index in [0.717, 1.165) is 19.4 Å². The Morgan fingerprint density at radius 3 is 3.19 bits per heavy atom. The van der Waals surface area contributed by atoms with Crippen molar-refractivity contribution in [3.8, 4) is 0 Å². The maximum atomic E-state index is 11.5. The van der Waals surface area contributed by atoms with Gasteiger partial charge in [0.15, 0.2) is 0 Å². The summed E-state index contributed by atoms with van der Waals surface area (Å²) >= 11 is 0. The molecule has 1 N–H and O–H groups in total. The Morgan fingerprint density at radius 2 is 2.44 bits per heavy atom. The number of nitrogens with zero attached hydrogens (tertiary/aromatic N) is 1. The van der Waals surface area contributed by atoms with Gasteiger partial charge >= 0.3 is 5.97 Å². The molecule has 2 saturated heterocycles. The van der Waals surface area contributed by atoms with Gasteiger partial charge in [0.05, 0.1) is 19.1 Å². The fourth-order valence-electron chi connectivity index (χ4n) is 2.61. The highest BCUT2D eigenvalue weighted by atomic mass is 16.5. The topological polar surface area (TPSA) is 58.6 Å². The van der Waals surface area contributed by atoms with Gasteiger partial charge in [-0.15, -0.1) is 0 Å². The molecule has 0 aromatic rings. The van der Waals surface area contributed by atoms with E-state index in [1.165, 1.54) is 0 Å². The normalized spacial score (nSPS) is 29.7. The van der Waals surface area contributed by atoms with Gasteiger partial charge < -0.3 is 10.1 Å². The molecule has 2 aliphatic rings. The standard InChI is InChI=1S/C11H18N2O3/c1-2-16-10(14)7-13-5-3-4-8-9(13)6-12-11(8)15/h8-9H,2-7H2,1H3,(H,12,15). The number of hydrogen-bond donors (Lipinski definition) is 1. The van der Waals surface area contributed by atoms with Crippen LogP contribution in [-0.4, -0.2) is 49.1 Å². The summed E-state index contributed by atoms with van der Waals surface area (Å²) in [4.78, 5) is 25.0. The average molecular weight is 226 g/mol. The predicted octanol–water partition coefficient (Wildman–Crippen LogP) is -0.240. The molecule has 2 heterocycles. The van der Waals surface area contributed by atoms with E-state index in [4.69, 9.17) is 4.74 Å². The monoisotopic (exact) mass is 226 g/mol. The Labute approximate surface area is 95.1 Å². The third-order valence-corrected chi connectivity index (χ3v) is 3.35. The molecular formula is C11H18N2O3. The minimum absolute atomic E-state index is 0.0724. The smallest absolute Gasteiger partial charge is 0.320 e. The highest BCUT2D eigenvalue weighted by molar-refractivity contribution is 5.82. The van der Waals surface area contributed by atoms with Crippen molar-refractivity contribution in [1.82, 2.24) is 10.2 Å². The lowest BCUT2D eigenvalue weighted by molar-refractivity contribution is -0.146. The molecule has 0 bridgehead atoms. The molecule has 0 aromatic carbocycles. The molecule has 0 aromatic heterocycles. The number of fused-ring (bicyclic) bond motifs is 1. The van der Waals surface area contributed by atoms with Gasteiger partial charge in [-0.25, -0.2) is 0 Å². The number of ether oxygens (including phenoxy) is 1. The van der Waals surface area contributed by atoms with Gasteiger partial charge in [-0.05, 0) is 26.3 Å². The average Bonchev–Trinajstić information content (AvgIpc) is 2.62. The van der Waals surface area contributed by atoms with Gasteiger partial charge in [-0.3, -0.25) is 14.5 Å². The van der Waals surface area contributed by atoms with Gasteiger partial charge in [0.1, 0.15) is 0 Å². The zero-order chi connectivity index (χ0) is 11.5. The van der Waals surface area contributed by atoms with Crippen molar-refractivity contribution in [3.63, 3.8) is 0 Å². The summed E-state index contributed by atoms with van der Waals surface area (Å²) < 4.78 is 4.93. The summed E-state index contributed by atoms with van der Waals surface area (Å²) in [6.45, 7) is 4.08. The number of carbonyl (C=O) groups excluding carboxylic acids is 2. The first-order valence-corrected chi connectivity index (χ1v) is 5.89. The first-order chi connectivity index (χ1) is 7.72. The van der Waals surface area contributed by atoms with E-state index in [1.54, 1.807) is 6.92 Å². The number of esters is 1. The molecule has 2 rings (SSSR count). The van der Waals surface area contributed by atoms with Crippen molar-refractivity contribution in [2.45, 2.75) is 25.8 Å². The van der Waals surface area contributed by atoms with Gasteiger partial charge in [0, 0.05) is 12.6 Å². The molecule has 2 aliphatic heterocycles. The summed E-state index contributed by atoms with van der Waals surface area (Å²) in [6, 6.07) is 0.186. The number of nitrogens with one attached hydrogen (secondary N) is 1. The van der Waals surface area contributed by atoms with Crippen LogP contribution in [-0.2, 0) is 14.3 Å². The van der Waals surface area contributed by atoms with E-state index in [2.05, 4.69) is 10.2 Å². The van der Waals surface area contributed by atoms with Gasteiger partial charge in [-0.1, -0.05) is 0 Å². The number of amides is 1. The predicted molar refractivity (Wildman–Crippen MR) is 57.7 cm³/mol. The van der Waals surface area contributed by atoms with Crippen LogP contribution in [0.3, 0.4) is 0 Å². The summed E-state index contributed by atoms with van der Waals surface area (Å²) in [5, 5.41) is 2.86. The van der Waals surface area contributed by atoms with Crippen LogP contribution in [0, 0.1) is 5.92 Å². The molecule has 2 unspecified atom stereocenters. The molecule has 0 aliphatic carbocycles. The van der Waals surface area contributed by atoms with Crippen LogP contribution in [0.25, 0.3) is 0 Å². The van der Waals surface area contributed by atoms with Crippen molar-refractivity contribution < 1.29 is 14.3 Å². The minimum atomic E-state index is -0.192. The second-order valence-electron chi connectivity index (χ2n) is 4.34. The Hall–Kier alpha value is -1.10. The molecule has 2 fully saturated rings. The van der Waals surface area contributed by atoms with Crippen LogP contribution in [0.4, 0.5) is 0 Å². The van der Waals surface area contributed by atoms with Gasteiger partial charge in [0.2, 0.25) is 5.91 Å². The largest absolute Gasteiger partial charge is 0.465 e. The highest BCUT2D eigenvalue weighted by Crippen LogP contribution is 2.26. The third-order valence-electron chi connectivity index (χ3n) is 3.35. The van der Waals surface area contributed by atoms with E-state index in [-0.39, 0.29) is 23.8 Å². The summed E-state index contributed by atoms with van der Waals surface area (Å²) in [6.07, 6.45) is 1.92. The second-order valence-corrected chi connectivity index (χ2v) is 4.34. The van der Waals surface area contributed by atoms with Crippen molar-refractivity contribution >= 4 is 11.9 Å². The fraction of sp³-hybridized carbons (Fsp3) is 0.818. The number of likely N-dealkylation sites (tertiary alicyclic amines) is 1. The Morgan fingerprint density at radius 1 is 1.62 bits per heavy atom. The fourth-order valence-corrected chi connectivity index (χ4v) is 2.61. The lowest BCUT2D eigenvalue weighted by Gasteiger charge is -2.34. The van der Waals surface area contributed by atoms with Crippen molar-refractivity contribution in [2.24, 2.45) is 5.92 Å². The SMILES string of the molecule is CCOC(=O)CN1CCCC2C(=O)NCC21. The van der Waals surface area contributed by atoms with Crippen LogP contribution in [0.15, 0.2) is 0 Å². The summed E-state index contributed by atoms with van der Waals surface area (Å²) in [5.74, 6) is 0.0178. The number of piperidine rings is 1. The van der Waals surface area contributed by atoms with Crippen molar-refractivity contribution in [2.75, 3.05) is 26.2 Å². The third kappa shape index (κ3) is 2.19. The van der Waals surface area contributed by atoms with Crippen LogP contribution < -0.4 is 5.32 Å². The maximum absolute atomic E-state index is 11.5. The lowest BCUT2D eigenvalue weighted by Crippen LogP contribution is -2.47. The van der Waals surface area contributed by atoms with Crippen molar-refractivity contribution in [1.29, 1.82) is 0 Å². The number of hydrogen-bond acceptors (Lipinski definition) is 4. The van der Waals surface area contributed by atoms with E-state index in [1.807, 2.05) is 0 Å². The Bertz CT molecular complexity index is 293. The molecule has 5 heteroatoms. The lowest BCUT2D eigenvalue weighted by atomic mass is 9.91. The van der Waals surface area contributed by atoms with Gasteiger partial charge in [-0.2, -0.15) is 0 Å². The second kappa shape index (κ2) is 4.82. The molecule has 0 spiro atoms. The molecular weight excluding hydrogens is 208 g/mol. The molecule has 1 amide bonds. The highest BCUT2D eigenvalue weighted by Gasteiger charge is 2.41. The maximum Gasteiger partial charge on any atom is 0.320 e. The molecule has 0 saturated carbocycles. The Kier molecular flexibility index (Phi) is 3.43. The quantitative estimate of drug-likeness (QED) is 0.675. The molecule has 2 atom stereocenters. The van der Waals surface area contributed by atoms with E-state index < -0.39 is 0 Å². The van der Waals surface area contributed by atoms with E-state index in [9.17, 15) is 9.59 Å². The number of rotatable bonds is 3.